The number of hydrogen-bond acceptors (Lipinski definition) is 3. The van der Waals surface area contributed by atoms with Gasteiger partial charge in [0.2, 0.25) is 0 Å². The Labute approximate surface area is 114 Å². The Morgan fingerprint density at radius 1 is 1.42 bits per heavy atom. The Balaban J connectivity index is 2.24. The van der Waals surface area contributed by atoms with Crippen molar-refractivity contribution in [2.24, 2.45) is 5.92 Å². The molecular weight excluding hydrogens is 240 g/mol. The maximum atomic E-state index is 11.2. The van der Waals surface area contributed by atoms with Gasteiger partial charge in [0.15, 0.2) is 0 Å². The quantitative estimate of drug-likeness (QED) is 0.822. The van der Waals surface area contributed by atoms with E-state index in [1.165, 1.54) is 19.3 Å². The molecule has 1 saturated heterocycles. The maximum absolute atomic E-state index is 11.2. The fourth-order valence-electron chi connectivity index (χ4n) is 2.74. The predicted octanol–water partition coefficient (Wildman–Crippen LogP) is 2.90. The van der Waals surface area contributed by atoms with Crippen LogP contribution in [0, 0.1) is 12.8 Å². The molecule has 4 heteroatoms. The van der Waals surface area contributed by atoms with Gasteiger partial charge in [0.1, 0.15) is 0 Å². The zero-order chi connectivity index (χ0) is 14.0. The van der Waals surface area contributed by atoms with Gasteiger partial charge in [-0.3, -0.25) is 0 Å². The summed E-state index contributed by atoms with van der Waals surface area (Å²) in [6.07, 6.45) is 3.60. The number of carboxylic acid groups (broad SMARTS) is 1. The molecule has 0 amide bonds. The SMILES string of the molecule is CCC1CCN(c2cc(C)c(N)c(C(=O)O)c2)CC1. The molecule has 1 aliphatic heterocycles. The maximum Gasteiger partial charge on any atom is 0.337 e. The molecule has 1 aromatic carbocycles. The number of anilines is 2. The molecule has 0 unspecified atom stereocenters. The second-order valence-corrected chi connectivity index (χ2v) is 5.37. The van der Waals surface area contributed by atoms with Crippen molar-refractivity contribution in [3.05, 3.63) is 23.3 Å². The molecule has 1 aliphatic rings. The number of hydrogen-bond donors (Lipinski definition) is 2. The fraction of sp³-hybridized carbons (Fsp3) is 0.533. The third kappa shape index (κ3) is 2.83. The molecule has 0 radical (unpaired) electrons. The van der Waals surface area contributed by atoms with E-state index in [0.717, 1.165) is 30.3 Å². The largest absolute Gasteiger partial charge is 0.478 e. The monoisotopic (exact) mass is 262 g/mol. The molecule has 0 bridgehead atoms. The lowest BCUT2D eigenvalue weighted by Gasteiger charge is -2.33. The summed E-state index contributed by atoms with van der Waals surface area (Å²) >= 11 is 0. The number of nitrogen functional groups attached to an aromatic ring is 1. The van der Waals surface area contributed by atoms with Crippen LogP contribution in [0.5, 0.6) is 0 Å². The van der Waals surface area contributed by atoms with Crippen LogP contribution in [0.1, 0.15) is 42.1 Å². The van der Waals surface area contributed by atoms with Crippen LogP contribution in [0.25, 0.3) is 0 Å². The summed E-state index contributed by atoms with van der Waals surface area (Å²) in [4.78, 5) is 13.5. The second kappa shape index (κ2) is 5.51. The molecule has 0 saturated carbocycles. The molecule has 0 aromatic heterocycles. The third-order valence-corrected chi connectivity index (χ3v) is 4.16. The van der Waals surface area contributed by atoms with Crippen LogP contribution in [-0.4, -0.2) is 24.2 Å². The van der Waals surface area contributed by atoms with Gasteiger partial charge in [0.05, 0.1) is 5.56 Å². The zero-order valence-corrected chi connectivity index (χ0v) is 11.6. The molecule has 0 spiro atoms. The first-order valence-corrected chi connectivity index (χ1v) is 6.91. The minimum absolute atomic E-state index is 0.215. The summed E-state index contributed by atoms with van der Waals surface area (Å²) in [5, 5.41) is 9.19. The first kappa shape index (κ1) is 13.7. The van der Waals surface area contributed by atoms with Crippen LogP contribution in [0.15, 0.2) is 12.1 Å². The Kier molecular flexibility index (Phi) is 3.98. The highest BCUT2D eigenvalue weighted by Crippen LogP contribution is 2.29. The lowest BCUT2D eigenvalue weighted by Crippen LogP contribution is -2.33. The van der Waals surface area contributed by atoms with E-state index in [9.17, 15) is 9.90 Å². The number of aryl methyl sites for hydroxylation is 1. The van der Waals surface area contributed by atoms with E-state index < -0.39 is 5.97 Å². The summed E-state index contributed by atoms with van der Waals surface area (Å²) in [6, 6.07) is 3.70. The Morgan fingerprint density at radius 2 is 2.05 bits per heavy atom. The van der Waals surface area contributed by atoms with Crippen molar-refractivity contribution in [3.8, 4) is 0 Å². The van der Waals surface area contributed by atoms with Gasteiger partial charge in [-0.1, -0.05) is 13.3 Å². The molecule has 104 valence electrons. The standard InChI is InChI=1S/C15H22N2O2/c1-3-11-4-6-17(7-5-11)12-8-10(2)14(16)13(9-12)15(18)19/h8-9,11H,3-7,16H2,1-2H3,(H,18,19). The van der Waals surface area contributed by atoms with E-state index >= 15 is 0 Å². The van der Waals surface area contributed by atoms with Gasteiger partial charge >= 0.3 is 5.97 Å². The zero-order valence-electron chi connectivity index (χ0n) is 11.6. The van der Waals surface area contributed by atoms with Gasteiger partial charge in [-0.25, -0.2) is 4.79 Å². The lowest BCUT2D eigenvalue weighted by atomic mass is 9.94. The van der Waals surface area contributed by atoms with Crippen molar-refractivity contribution in [1.29, 1.82) is 0 Å². The van der Waals surface area contributed by atoms with Crippen molar-refractivity contribution < 1.29 is 9.90 Å². The number of carbonyl (C=O) groups is 1. The van der Waals surface area contributed by atoms with Crippen molar-refractivity contribution >= 4 is 17.3 Å². The van der Waals surface area contributed by atoms with E-state index in [2.05, 4.69) is 11.8 Å². The smallest absolute Gasteiger partial charge is 0.337 e. The molecule has 1 fully saturated rings. The number of carboxylic acids is 1. The number of rotatable bonds is 3. The summed E-state index contributed by atoms with van der Waals surface area (Å²) in [5.74, 6) is -0.143. The van der Waals surface area contributed by atoms with Crippen LogP contribution < -0.4 is 10.6 Å². The fourth-order valence-corrected chi connectivity index (χ4v) is 2.74. The summed E-state index contributed by atoms with van der Waals surface area (Å²) in [7, 11) is 0. The van der Waals surface area contributed by atoms with Gasteiger partial charge in [-0.15, -0.1) is 0 Å². The minimum atomic E-state index is -0.953. The van der Waals surface area contributed by atoms with E-state index in [-0.39, 0.29) is 5.56 Å². The van der Waals surface area contributed by atoms with E-state index in [1.54, 1.807) is 6.07 Å². The first-order chi connectivity index (χ1) is 9.02. The van der Waals surface area contributed by atoms with Gasteiger partial charge in [-0.2, -0.15) is 0 Å². The lowest BCUT2D eigenvalue weighted by molar-refractivity contribution is 0.0698. The van der Waals surface area contributed by atoms with E-state index in [4.69, 9.17) is 5.73 Å². The number of nitrogens with two attached hydrogens (primary N) is 1. The average molecular weight is 262 g/mol. The minimum Gasteiger partial charge on any atom is -0.478 e. The molecule has 0 atom stereocenters. The highest BCUT2D eigenvalue weighted by Gasteiger charge is 2.20. The highest BCUT2D eigenvalue weighted by molar-refractivity contribution is 5.95. The number of aromatic carboxylic acids is 1. The van der Waals surface area contributed by atoms with Gasteiger partial charge in [-0.05, 0) is 43.4 Å². The van der Waals surface area contributed by atoms with Crippen LogP contribution >= 0.6 is 0 Å². The van der Waals surface area contributed by atoms with E-state index in [0.29, 0.717) is 5.69 Å². The Morgan fingerprint density at radius 3 is 2.58 bits per heavy atom. The number of piperidine rings is 1. The van der Waals surface area contributed by atoms with Crippen molar-refractivity contribution in [1.82, 2.24) is 0 Å². The topological polar surface area (TPSA) is 66.6 Å². The molecule has 4 nitrogen and oxygen atoms in total. The third-order valence-electron chi connectivity index (χ3n) is 4.16. The van der Waals surface area contributed by atoms with Crippen LogP contribution in [-0.2, 0) is 0 Å². The van der Waals surface area contributed by atoms with Gasteiger partial charge in [0, 0.05) is 24.5 Å². The van der Waals surface area contributed by atoms with Crippen molar-refractivity contribution in [2.75, 3.05) is 23.7 Å². The number of nitrogens with zero attached hydrogens (tertiary/aromatic N) is 1. The Hall–Kier alpha value is -1.71. The van der Waals surface area contributed by atoms with Gasteiger partial charge < -0.3 is 15.7 Å². The summed E-state index contributed by atoms with van der Waals surface area (Å²) in [5.41, 5.74) is 8.24. The average Bonchev–Trinajstić information content (AvgIpc) is 2.41. The molecule has 2 rings (SSSR count). The van der Waals surface area contributed by atoms with Crippen molar-refractivity contribution in [3.63, 3.8) is 0 Å². The molecule has 3 N–H and O–H groups in total. The molecule has 19 heavy (non-hydrogen) atoms. The molecule has 0 aliphatic carbocycles. The first-order valence-electron chi connectivity index (χ1n) is 6.91. The second-order valence-electron chi connectivity index (χ2n) is 5.37. The molecule has 1 heterocycles. The molecule has 1 aromatic rings. The Bertz CT molecular complexity index is 477. The molecular formula is C15H22N2O2. The van der Waals surface area contributed by atoms with Crippen molar-refractivity contribution in [2.45, 2.75) is 33.1 Å². The van der Waals surface area contributed by atoms with Crippen LogP contribution in [0.4, 0.5) is 11.4 Å². The van der Waals surface area contributed by atoms with Gasteiger partial charge in [0.25, 0.3) is 0 Å². The number of benzene rings is 1. The normalized spacial score (nSPS) is 16.6. The van der Waals surface area contributed by atoms with E-state index in [1.807, 2.05) is 13.0 Å². The van der Waals surface area contributed by atoms with Crippen LogP contribution in [0.3, 0.4) is 0 Å². The van der Waals surface area contributed by atoms with Crippen LogP contribution in [0.2, 0.25) is 0 Å². The summed E-state index contributed by atoms with van der Waals surface area (Å²) < 4.78 is 0. The predicted molar refractivity (Wildman–Crippen MR) is 77.8 cm³/mol. The summed E-state index contributed by atoms with van der Waals surface area (Å²) in [6.45, 7) is 6.10. The highest BCUT2D eigenvalue weighted by atomic mass is 16.4.